The zero-order valence-corrected chi connectivity index (χ0v) is 8.49. The molecular weight excluding hydrogens is 213 g/mol. The van der Waals surface area contributed by atoms with E-state index in [2.05, 4.69) is 4.74 Å². The van der Waals surface area contributed by atoms with E-state index in [1.807, 2.05) is 0 Å². The van der Waals surface area contributed by atoms with Gasteiger partial charge in [0.25, 0.3) is 0 Å². The number of carbonyl (C=O) groups is 2. The normalized spacial score (nSPS) is 9.31. The largest absolute Gasteiger partial charge is 0.462 e. The maximum absolute atomic E-state index is 13.3. The molecule has 0 bridgehead atoms. The first kappa shape index (κ1) is 11.9. The van der Waals surface area contributed by atoms with Gasteiger partial charge in [0.2, 0.25) is 0 Å². The van der Waals surface area contributed by atoms with E-state index < -0.39 is 11.8 Å². The van der Waals surface area contributed by atoms with Gasteiger partial charge in [-0.2, -0.15) is 5.26 Å². The Morgan fingerprint density at radius 2 is 2.31 bits per heavy atom. The number of halogens is 1. The van der Waals surface area contributed by atoms with Crippen molar-refractivity contribution in [3.05, 3.63) is 34.6 Å². The number of benzene rings is 1. The van der Waals surface area contributed by atoms with Gasteiger partial charge in [0.1, 0.15) is 11.9 Å². The molecule has 0 aromatic heterocycles. The Morgan fingerprint density at radius 3 is 2.81 bits per heavy atom. The van der Waals surface area contributed by atoms with E-state index in [0.717, 1.165) is 12.1 Å². The molecule has 0 radical (unpaired) electrons. The lowest BCUT2D eigenvalue weighted by atomic mass is 10.0. The fraction of sp³-hybridized carbons (Fsp3) is 0.182. The van der Waals surface area contributed by atoms with Crippen LogP contribution in [-0.4, -0.2) is 18.9 Å². The lowest BCUT2D eigenvalue weighted by Crippen LogP contribution is -2.07. The predicted molar refractivity (Wildman–Crippen MR) is 52.5 cm³/mol. The van der Waals surface area contributed by atoms with Gasteiger partial charge in [-0.1, -0.05) is 0 Å². The smallest absolute Gasteiger partial charge is 0.338 e. The zero-order chi connectivity index (χ0) is 12.1. The van der Waals surface area contributed by atoms with Gasteiger partial charge in [0.15, 0.2) is 6.29 Å². The van der Waals surface area contributed by atoms with Gasteiger partial charge in [-0.3, -0.25) is 4.79 Å². The second-order valence-electron chi connectivity index (χ2n) is 2.87. The maximum atomic E-state index is 13.3. The van der Waals surface area contributed by atoms with Crippen LogP contribution in [0, 0.1) is 17.1 Å². The van der Waals surface area contributed by atoms with Gasteiger partial charge in [0.05, 0.1) is 17.7 Å². The molecule has 0 saturated heterocycles. The third-order valence-corrected chi connectivity index (χ3v) is 1.87. The van der Waals surface area contributed by atoms with Crippen molar-refractivity contribution in [2.75, 3.05) is 6.61 Å². The lowest BCUT2D eigenvalue weighted by molar-refractivity contribution is 0.0526. The zero-order valence-electron chi connectivity index (χ0n) is 8.49. The summed E-state index contributed by atoms with van der Waals surface area (Å²) in [7, 11) is 0. The molecule has 0 heterocycles. The van der Waals surface area contributed by atoms with Crippen LogP contribution in [0.2, 0.25) is 0 Å². The minimum absolute atomic E-state index is 0.0829. The average Bonchev–Trinajstić information content (AvgIpc) is 2.28. The molecule has 0 unspecified atom stereocenters. The molecule has 16 heavy (non-hydrogen) atoms. The molecule has 1 aromatic rings. The summed E-state index contributed by atoms with van der Waals surface area (Å²) in [4.78, 5) is 21.9. The van der Waals surface area contributed by atoms with Gasteiger partial charge in [0, 0.05) is 5.56 Å². The van der Waals surface area contributed by atoms with E-state index in [9.17, 15) is 14.0 Å². The topological polar surface area (TPSA) is 67.2 Å². The minimum atomic E-state index is -0.907. The Labute approximate surface area is 91.3 Å². The number of carbonyl (C=O) groups excluding carboxylic acids is 2. The van der Waals surface area contributed by atoms with Crippen molar-refractivity contribution in [1.82, 2.24) is 0 Å². The molecule has 0 aliphatic heterocycles. The van der Waals surface area contributed by atoms with E-state index in [-0.39, 0.29) is 23.3 Å². The Balaban J connectivity index is 3.27. The molecule has 0 aliphatic rings. The minimum Gasteiger partial charge on any atom is -0.462 e. The van der Waals surface area contributed by atoms with Crippen LogP contribution in [0.5, 0.6) is 0 Å². The second-order valence-corrected chi connectivity index (χ2v) is 2.87. The van der Waals surface area contributed by atoms with Crippen LogP contribution in [0.4, 0.5) is 4.39 Å². The van der Waals surface area contributed by atoms with Crippen molar-refractivity contribution in [2.45, 2.75) is 6.92 Å². The standard InChI is InChI=1S/C11H8FNO3/c1-2-16-11(15)7-3-8(6-14)9(5-13)10(12)4-7/h3-4,6H,2H2,1H3. The first-order valence-corrected chi connectivity index (χ1v) is 4.50. The highest BCUT2D eigenvalue weighted by Crippen LogP contribution is 2.15. The van der Waals surface area contributed by atoms with E-state index in [0.29, 0.717) is 6.29 Å². The maximum Gasteiger partial charge on any atom is 0.338 e. The molecule has 0 N–H and O–H groups in total. The quantitative estimate of drug-likeness (QED) is 0.575. The van der Waals surface area contributed by atoms with Crippen LogP contribution in [0.15, 0.2) is 12.1 Å². The fourth-order valence-electron chi connectivity index (χ4n) is 1.17. The molecule has 0 aliphatic carbocycles. The number of hydrogen-bond donors (Lipinski definition) is 0. The molecule has 0 saturated carbocycles. The second kappa shape index (κ2) is 5.03. The molecule has 0 spiro atoms. The van der Waals surface area contributed by atoms with Crippen molar-refractivity contribution >= 4 is 12.3 Å². The molecule has 5 heteroatoms. The lowest BCUT2D eigenvalue weighted by Gasteiger charge is -2.04. The highest BCUT2D eigenvalue weighted by atomic mass is 19.1. The van der Waals surface area contributed by atoms with Crippen LogP contribution >= 0.6 is 0 Å². The predicted octanol–water partition coefficient (Wildman–Crippen LogP) is 1.69. The van der Waals surface area contributed by atoms with E-state index in [4.69, 9.17) is 5.26 Å². The fourth-order valence-corrected chi connectivity index (χ4v) is 1.17. The number of ether oxygens (including phenoxy) is 1. The molecule has 4 nitrogen and oxygen atoms in total. The summed E-state index contributed by atoms with van der Waals surface area (Å²) in [5.41, 5.74) is -0.617. The molecule has 0 fully saturated rings. The highest BCUT2D eigenvalue weighted by molar-refractivity contribution is 5.92. The van der Waals surface area contributed by atoms with Crippen LogP contribution in [0.25, 0.3) is 0 Å². The molecule has 1 aromatic carbocycles. The Morgan fingerprint density at radius 1 is 1.62 bits per heavy atom. The van der Waals surface area contributed by atoms with Crippen molar-refractivity contribution in [3.8, 4) is 6.07 Å². The van der Waals surface area contributed by atoms with Gasteiger partial charge < -0.3 is 4.74 Å². The summed E-state index contributed by atoms with van der Waals surface area (Å²) in [5, 5.41) is 8.60. The summed E-state index contributed by atoms with van der Waals surface area (Å²) in [6.07, 6.45) is 0.324. The number of esters is 1. The SMILES string of the molecule is CCOC(=O)c1cc(F)c(C#N)c(C=O)c1. The number of nitriles is 1. The number of nitrogens with zero attached hydrogens (tertiary/aromatic N) is 1. The van der Waals surface area contributed by atoms with E-state index >= 15 is 0 Å². The third-order valence-electron chi connectivity index (χ3n) is 1.87. The first-order valence-electron chi connectivity index (χ1n) is 4.50. The van der Waals surface area contributed by atoms with E-state index in [1.165, 1.54) is 0 Å². The van der Waals surface area contributed by atoms with Gasteiger partial charge >= 0.3 is 5.97 Å². The van der Waals surface area contributed by atoms with Crippen LogP contribution in [-0.2, 0) is 4.74 Å². The molecule has 82 valence electrons. The van der Waals surface area contributed by atoms with Crippen LogP contribution in [0.1, 0.15) is 33.2 Å². The summed E-state index contributed by atoms with van der Waals surface area (Å²) in [6.45, 7) is 1.76. The third kappa shape index (κ3) is 2.23. The van der Waals surface area contributed by atoms with Gasteiger partial charge in [-0.05, 0) is 19.1 Å². The van der Waals surface area contributed by atoms with Crippen LogP contribution in [0.3, 0.4) is 0 Å². The number of rotatable bonds is 3. The van der Waals surface area contributed by atoms with Crippen molar-refractivity contribution in [2.24, 2.45) is 0 Å². The van der Waals surface area contributed by atoms with Crippen molar-refractivity contribution in [1.29, 1.82) is 5.26 Å². The van der Waals surface area contributed by atoms with Gasteiger partial charge in [-0.15, -0.1) is 0 Å². The van der Waals surface area contributed by atoms with Crippen molar-refractivity contribution < 1.29 is 18.7 Å². The summed E-state index contributed by atoms with van der Waals surface area (Å²) in [6, 6.07) is 3.56. The summed E-state index contributed by atoms with van der Waals surface area (Å²) in [5.74, 6) is -1.64. The Bertz CT molecular complexity index is 477. The molecular formula is C11H8FNO3. The molecule has 0 atom stereocenters. The first-order chi connectivity index (χ1) is 7.63. The van der Waals surface area contributed by atoms with Crippen LogP contribution < -0.4 is 0 Å². The average molecular weight is 221 g/mol. The van der Waals surface area contributed by atoms with E-state index in [1.54, 1.807) is 13.0 Å². The van der Waals surface area contributed by atoms with Crippen molar-refractivity contribution in [3.63, 3.8) is 0 Å². The number of aldehydes is 1. The molecule has 0 amide bonds. The summed E-state index contributed by atoms with van der Waals surface area (Å²) < 4.78 is 18.0. The monoisotopic (exact) mass is 221 g/mol. The highest BCUT2D eigenvalue weighted by Gasteiger charge is 2.15. The summed E-state index contributed by atoms with van der Waals surface area (Å²) >= 11 is 0. The Kier molecular flexibility index (Phi) is 3.72. The Hall–Kier alpha value is -2.22. The number of hydrogen-bond acceptors (Lipinski definition) is 4. The molecule has 1 rings (SSSR count). The van der Waals surface area contributed by atoms with Gasteiger partial charge in [-0.25, -0.2) is 9.18 Å².